The second-order valence-electron chi connectivity index (χ2n) is 8.63. The SMILES string of the molecule is O=C(c1ccc(C=C2SC(=O)N(Cc3cccc(Cl)c3)C2=O)cc1)N1CCN(c2ccccc2)CC1. The molecule has 182 valence electrons. The first-order valence-corrected chi connectivity index (χ1v) is 12.9. The van der Waals surface area contributed by atoms with Gasteiger partial charge in [-0.25, -0.2) is 0 Å². The maximum Gasteiger partial charge on any atom is 0.293 e. The second-order valence-corrected chi connectivity index (χ2v) is 10.1. The topological polar surface area (TPSA) is 60.9 Å². The summed E-state index contributed by atoms with van der Waals surface area (Å²) in [6, 6.07) is 24.5. The summed E-state index contributed by atoms with van der Waals surface area (Å²) in [6.07, 6.45) is 1.69. The van der Waals surface area contributed by atoms with E-state index < -0.39 is 0 Å². The van der Waals surface area contributed by atoms with Gasteiger partial charge < -0.3 is 9.80 Å². The maximum absolute atomic E-state index is 13.0. The number of benzene rings is 3. The quantitative estimate of drug-likeness (QED) is 0.416. The molecule has 0 spiro atoms. The molecular weight excluding hydrogens is 494 g/mol. The van der Waals surface area contributed by atoms with Crippen LogP contribution in [0.1, 0.15) is 21.5 Å². The molecule has 36 heavy (non-hydrogen) atoms. The Morgan fingerprint density at radius 2 is 1.61 bits per heavy atom. The van der Waals surface area contributed by atoms with Gasteiger partial charge in [-0.2, -0.15) is 0 Å². The van der Waals surface area contributed by atoms with Gasteiger partial charge in [-0.1, -0.05) is 54.1 Å². The fourth-order valence-electron chi connectivity index (χ4n) is 4.32. The zero-order chi connectivity index (χ0) is 25.1. The van der Waals surface area contributed by atoms with E-state index in [9.17, 15) is 14.4 Å². The number of piperazine rings is 1. The largest absolute Gasteiger partial charge is 0.368 e. The lowest BCUT2D eigenvalue weighted by Crippen LogP contribution is -2.48. The van der Waals surface area contributed by atoms with Crippen LogP contribution in [0.25, 0.3) is 6.08 Å². The first-order valence-electron chi connectivity index (χ1n) is 11.7. The molecule has 0 radical (unpaired) electrons. The molecule has 8 heteroatoms. The van der Waals surface area contributed by atoms with E-state index in [0.29, 0.717) is 28.6 Å². The summed E-state index contributed by atoms with van der Waals surface area (Å²) in [5.41, 5.74) is 3.33. The van der Waals surface area contributed by atoms with Crippen molar-refractivity contribution in [1.29, 1.82) is 0 Å². The van der Waals surface area contributed by atoms with Gasteiger partial charge in [0.05, 0.1) is 11.4 Å². The summed E-state index contributed by atoms with van der Waals surface area (Å²) in [5.74, 6) is -0.336. The Bertz CT molecular complexity index is 1320. The van der Waals surface area contributed by atoms with Gasteiger partial charge >= 0.3 is 0 Å². The van der Waals surface area contributed by atoms with Gasteiger partial charge in [-0.05, 0) is 65.4 Å². The Kier molecular flexibility index (Phi) is 7.11. The Labute approximate surface area is 219 Å². The lowest BCUT2D eigenvalue weighted by atomic mass is 10.1. The highest BCUT2D eigenvalue weighted by molar-refractivity contribution is 8.18. The third-order valence-electron chi connectivity index (χ3n) is 6.25. The molecule has 0 aliphatic carbocycles. The van der Waals surface area contributed by atoms with Crippen molar-refractivity contribution in [3.05, 3.63) is 105 Å². The van der Waals surface area contributed by atoms with Crippen molar-refractivity contribution >= 4 is 52.2 Å². The van der Waals surface area contributed by atoms with Crippen LogP contribution in [0.2, 0.25) is 5.02 Å². The molecule has 2 aliphatic heterocycles. The molecule has 0 bridgehead atoms. The Morgan fingerprint density at radius 3 is 2.31 bits per heavy atom. The minimum atomic E-state index is -0.332. The lowest BCUT2D eigenvalue weighted by molar-refractivity contribution is -0.123. The highest BCUT2D eigenvalue weighted by Crippen LogP contribution is 2.33. The highest BCUT2D eigenvalue weighted by Gasteiger charge is 2.35. The van der Waals surface area contributed by atoms with Crippen LogP contribution in [0.3, 0.4) is 0 Å². The average Bonchev–Trinajstić information content (AvgIpc) is 3.16. The van der Waals surface area contributed by atoms with E-state index >= 15 is 0 Å². The molecule has 0 N–H and O–H groups in total. The number of imide groups is 1. The van der Waals surface area contributed by atoms with E-state index in [4.69, 9.17) is 11.6 Å². The monoisotopic (exact) mass is 517 g/mol. The zero-order valence-corrected chi connectivity index (χ0v) is 21.0. The van der Waals surface area contributed by atoms with E-state index in [1.54, 1.807) is 48.5 Å². The number of carbonyl (C=O) groups excluding carboxylic acids is 3. The third kappa shape index (κ3) is 5.32. The Morgan fingerprint density at radius 1 is 0.889 bits per heavy atom. The number of hydrogen-bond acceptors (Lipinski definition) is 5. The smallest absolute Gasteiger partial charge is 0.293 e. The minimum absolute atomic E-state index is 0.00360. The van der Waals surface area contributed by atoms with Gasteiger partial charge in [-0.15, -0.1) is 0 Å². The molecule has 0 aromatic heterocycles. The van der Waals surface area contributed by atoms with E-state index in [-0.39, 0.29) is 23.6 Å². The van der Waals surface area contributed by atoms with Crippen molar-refractivity contribution in [2.45, 2.75) is 6.54 Å². The number of para-hydroxylation sites is 1. The molecule has 2 heterocycles. The van der Waals surface area contributed by atoms with Gasteiger partial charge in [0.1, 0.15) is 0 Å². The molecule has 0 atom stereocenters. The van der Waals surface area contributed by atoms with Gasteiger partial charge in [0.25, 0.3) is 17.1 Å². The molecule has 3 aromatic carbocycles. The first-order chi connectivity index (χ1) is 17.5. The molecule has 2 aliphatic rings. The Hall–Kier alpha value is -3.55. The van der Waals surface area contributed by atoms with Gasteiger partial charge in [0.2, 0.25) is 0 Å². The molecular formula is C28H24ClN3O3S. The predicted octanol–water partition coefficient (Wildman–Crippen LogP) is 5.54. The molecule has 3 amide bonds. The fraction of sp³-hybridized carbons (Fsp3) is 0.179. The molecule has 0 saturated carbocycles. The van der Waals surface area contributed by atoms with Crippen molar-refractivity contribution in [1.82, 2.24) is 9.80 Å². The van der Waals surface area contributed by atoms with Crippen LogP contribution >= 0.6 is 23.4 Å². The van der Waals surface area contributed by atoms with Crippen LogP contribution in [0.5, 0.6) is 0 Å². The third-order valence-corrected chi connectivity index (χ3v) is 7.39. The van der Waals surface area contributed by atoms with Crippen LogP contribution in [0, 0.1) is 0 Å². The number of nitrogens with zero attached hydrogens (tertiary/aromatic N) is 3. The van der Waals surface area contributed by atoms with Crippen LogP contribution in [-0.2, 0) is 11.3 Å². The van der Waals surface area contributed by atoms with Crippen LogP contribution in [0.4, 0.5) is 10.5 Å². The molecule has 3 aromatic rings. The van der Waals surface area contributed by atoms with Crippen molar-refractivity contribution in [2.75, 3.05) is 31.1 Å². The molecule has 5 rings (SSSR count). The number of thioether (sulfide) groups is 1. The van der Waals surface area contributed by atoms with E-state index in [0.717, 1.165) is 36.0 Å². The molecule has 2 fully saturated rings. The van der Waals surface area contributed by atoms with Crippen LogP contribution in [-0.4, -0.2) is 53.0 Å². The summed E-state index contributed by atoms with van der Waals surface area (Å²) in [5, 5.41) is 0.246. The van der Waals surface area contributed by atoms with Crippen LogP contribution < -0.4 is 4.90 Å². The Balaban J connectivity index is 1.21. The van der Waals surface area contributed by atoms with E-state index in [1.165, 1.54) is 10.6 Å². The minimum Gasteiger partial charge on any atom is -0.368 e. The maximum atomic E-state index is 13.0. The number of halogens is 1. The second kappa shape index (κ2) is 10.6. The summed E-state index contributed by atoms with van der Waals surface area (Å²) in [7, 11) is 0. The fourth-order valence-corrected chi connectivity index (χ4v) is 5.37. The number of anilines is 1. The zero-order valence-electron chi connectivity index (χ0n) is 19.5. The standard InChI is InChI=1S/C28H24ClN3O3S/c29-23-6-4-5-21(17-23)19-32-27(34)25(36-28(32)35)18-20-9-11-22(12-10-20)26(33)31-15-13-30(14-16-31)24-7-2-1-3-8-24/h1-12,17-18H,13-16,19H2. The number of hydrogen-bond donors (Lipinski definition) is 0. The van der Waals surface area contributed by atoms with Crippen molar-refractivity contribution in [3.63, 3.8) is 0 Å². The van der Waals surface area contributed by atoms with E-state index in [2.05, 4.69) is 17.0 Å². The predicted molar refractivity (Wildman–Crippen MR) is 144 cm³/mol. The van der Waals surface area contributed by atoms with Gasteiger partial charge in [0.15, 0.2) is 0 Å². The molecule has 0 unspecified atom stereocenters. The number of amides is 3. The van der Waals surface area contributed by atoms with E-state index in [1.807, 2.05) is 29.2 Å². The van der Waals surface area contributed by atoms with Crippen molar-refractivity contribution in [3.8, 4) is 0 Å². The number of carbonyl (C=O) groups is 3. The summed E-state index contributed by atoms with van der Waals surface area (Å²) in [6.45, 7) is 3.08. The normalized spacial score (nSPS) is 17.2. The highest BCUT2D eigenvalue weighted by atomic mass is 35.5. The average molecular weight is 518 g/mol. The lowest BCUT2D eigenvalue weighted by Gasteiger charge is -2.36. The van der Waals surface area contributed by atoms with Gasteiger partial charge in [-0.3, -0.25) is 19.3 Å². The van der Waals surface area contributed by atoms with Gasteiger partial charge in [0, 0.05) is 42.5 Å². The molecule has 2 saturated heterocycles. The summed E-state index contributed by atoms with van der Waals surface area (Å²) >= 11 is 6.94. The van der Waals surface area contributed by atoms with Crippen molar-refractivity contribution < 1.29 is 14.4 Å². The summed E-state index contributed by atoms with van der Waals surface area (Å²) < 4.78 is 0. The van der Waals surface area contributed by atoms with Crippen LogP contribution in [0.15, 0.2) is 83.8 Å². The number of rotatable bonds is 5. The summed E-state index contributed by atoms with van der Waals surface area (Å²) in [4.78, 5) is 44.0. The molecule has 6 nitrogen and oxygen atoms in total. The first kappa shape index (κ1) is 24.2. The van der Waals surface area contributed by atoms with Crippen molar-refractivity contribution in [2.24, 2.45) is 0 Å².